The highest BCUT2D eigenvalue weighted by atomic mass is 16.2. The summed E-state index contributed by atoms with van der Waals surface area (Å²) in [6.45, 7) is 7.85. The summed E-state index contributed by atoms with van der Waals surface area (Å²) in [5, 5.41) is 6.40. The van der Waals surface area contributed by atoms with Crippen LogP contribution in [-0.2, 0) is 4.79 Å². The van der Waals surface area contributed by atoms with Gasteiger partial charge >= 0.3 is 0 Å². The maximum absolute atomic E-state index is 11.8. The first-order valence-corrected chi connectivity index (χ1v) is 6.50. The zero-order valence-electron chi connectivity index (χ0n) is 10.7. The quantitative estimate of drug-likeness (QED) is 0.749. The Hall–Kier alpha value is -0.570. The first-order chi connectivity index (χ1) is 7.47. The summed E-state index contributed by atoms with van der Waals surface area (Å²) in [6, 6.07) is 0.507. The third kappa shape index (κ3) is 2.57. The topological polar surface area (TPSA) is 41.1 Å². The van der Waals surface area contributed by atoms with Crippen molar-refractivity contribution in [3.63, 3.8) is 0 Å². The first kappa shape index (κ1) is 11.9. The van der Waals surface area contributed by atoms with Crippen LogP contribution in [-0.4, -0.2) is 24.5 Å². The molecule has 0 aromatic heterocycles. The van der Waals surface area contributed by atoms with Gasteiger partial charge in [-0.25, -0.2) is 0 Å². The normalized spacial score (nSPS) is 34.6. The predicted octanol–water partition coefficient (Wildman–Crippen LogP) is 1.68. The van der Waals surface area contributed by atoms with Gasteiger partial charge in [-0.05, 0) is 43.6 Å². The molecule has 0 radical (unpaired) electrons. The molecule has 1 saturated heterocycles. The van der Waals surface area contributed by atoms with E-state index in [9.17, 15) is 4.79 Å². The molecule has 16 heavy (non-hydrogen) atoms. The molecule has 3 nitrogen and oxygen atoms in total. The molecular formula is C13H24N2O. The molecule has 1 amide bonds. The van der Waals surface area contributed by atoms with E-state index in [1.807, 2.05) is 0 Å². The van der Waals surface area contributed by atoms with Crippen molar-refractivity contribution in [2.45, 2.75) is 58.5 Å². The maximum Gasteiger partial charge on any atom is 0.237 e. The van der Waals surface area contributed by atoms with Gasteiger partial charge in [-0.15, -0.1) is 0 Å². The number of amides is 1. The lowest BCUT2D eigenvalue weighted by molar-refractivity contribution is -0.124. The first-order valence-electron chi connectivity index (χ1n) is 6.50. The van der Waals surface area contributed by atoms with E-state index in [2.05, 4.69) is 31.4 Å². The van der Waals surface area contributed by atoms with E-state index in [-0.39, 0.29) is 11.9 Å². The van der Waals surface area contributed by atoms with Crippen LogP contribution in [0.1, 0.15) is 46.5 Å². The molecule has 2 N–H and O–H groups in total. The van der Waals surface area contributed by atoms with Gasteiger partial charge in [0.1, 0.15) is 0 Å². The Balaban J connectivity index is 1.71. The molecule has 1 heterocycles. The molecule has 1 aliphatic heterocycles. The van der Waals surface area contributed by atoms with Gasteiger partial charge in [-0.2, -0.15) is 0 Å². The Morgan fingerprint density at radius 3 is 2.50 bits per heavy atom. The number of carbonyl (C=O) groups is 1. The van der Waals surface area contributed by atoms with Gasteiger partial charge in [0.05, 0.1) is 6.04 Å². The van der Waals surface area contributed by atoms with Crippen molar-refractivity contribution in [3.8, 4) is 0 Å². The van der Waals surface area contributed by atoms with Crippen LogP contribution < -0.4 is 10.6 Å². The number of carbonyl (C=O) groups excluding carboxylic acids is 1. The number of nitrogens with one attached hydrogen (secondary N) is 2. The second kappa shape index (κ2) is 4.36. The Morgan fingerprint density at radius 1 is 1.31 bits per heavy atom. The summed E-state index contributed by atoms with van der Waals surface area (Å²) in [7, 11) is 0. The minimum absolute atomic E-state index is 0.0775. The highest BCUT2D eigenvalue weighted by Gasteiger charge is 2.38. The molecule has 2 aliphatic rings. The van der Waals surface area contributed by atoms with Crippen molar-refractivity contribution < 1.29 is 4.79 Å². The van der Waals surface area contributed by atoms with E-state index >= 15 is 0 Å². The summed E-state index contributed by atoms with van der Waals surface area (Å²) in [5.41, 5.74) is 0.396. The lowest BCUT2D eigenvalue weighted by Crippen LogP contribution is -2.52. The van der Waals surface area contributed by atoms with Crippen LogP contribution >= 0.6 is 0 Å². The van der Waals surface area contributed by atoms with E-state index in [1.54, 1.807) is 0 Å². The second-order valence-corrected chi connectivity index (χ2v) is 6.39. The van der Waals surface area contributed by atoms with Crippen molar-refractivity contribution in [1.29, 1.82) is 0 Å². The van der Waals surface area contributed by atoms with Crippen molar-refractivity contribution in [3.05, 3.63) is 0 Å². The van der Waals surface area contributed by atoms with E-state index in [0.717, 1.165) is 38.1 Å². The summed E-state index contributed by atoms with van der Waals surface area (Å²) >= 11 is 0. The molecule has 1 saturated carbocycles. The Kier molecular flexibility index (Phi) is 3.24. The Labute approximate surface area is 98.4 Å². The van der Waals surface area contributed by atoms with Crippen LogP contribution in [0.15, 0.2) is 0 Å². The summed E-state index contributed by atoms with van der Waals surface area (Å²) in [4.78, 5) is 11.8. The van der Waals surface area contributed by atoms with Gasteiger partial charge < -0.3 is 10.6 Å². The minimum Gasteiger partial charge on any atom is -0.352 e. The Morgan fingerprint density at radius 2 is 2.00 bits per heavy atom. The van der Waals surface area contributed by atoms with Gasteiger partial charge in [0.15, 0.2) is 0 Å². The van der Waals surface area contributed by atoms with Crippen LogP contribution in [0.3, 0.4) is 0 Å². The van der Waals surface area contributed by atoms with E-state index < -0.39 is 0 Å². The maximum atomic E-state index is 11.8. The summed E-state index contributed by atoms with van der Waals surface area (Å²) in [6.07, 6.45) is 4.44. The molecule has 0 aromatic carbocycles. The lowest BCUT2D eigenvalue weighted by Gasteiger charge is -2.44. The molecule has 1 atom stereocenters. The number of hydrogen-bond donors (Lipinski definition) is 2. The summed E-state index contributed by atoms with van der Waals surface area (Å²) < 4.78 is 0. The standard InChI is InChI=1S/C13H24N2O/c1-13(2,3)9-7-10(8-9)15-12(16)11-5-4-6-14-11/h9-11,14H,4-8H2,1-3H3,(H,15,16). The van der Waals surface area contributed by atoms with Crippen molar-refractivity contribution in [2.75, 3.05) is 6.54 Å². The van der Waals surface area contributed by atoms with Crippen molar-refractivity contribution >= 4 is 5.91 Å². The molecule has 0 bridgehead atoms. The third-order valence-corrected chi connectivity index (χ3v) is 4.09. The zero-order chi connectivity index (χ0) is 11.8. The lowest BCUT2D eigenvalue weighted by atomic mass is 9.66. The summed E-state index contributed by atoms with van der Waals surface area (Å²) in [5.74, 6) is 0.990. The SMILES string of the molecule is CC(C)(C)C1CC(NC(=O)C2CCCN2)C1. The molecular weight excluding hydrogens is 200 g/mol. The molecule has 2 rings (SSSR count). The monoisotopic (exact) mass is 224 g/mol. The highest BCUT2D eigenvalue weighted by molar-refractivity contribution is 5.82. The highest BCUT2D eigenvalue weighted by Crippen LogP contribution is 2.41. The van der Waals surface area contributed by atoms with Gasteiger partial charge in [0, 0.05) is 6.04 Å². The minimum atomic E-state index is 0.0775. The molecule has 0 spiro atoms. The van der Waals surface area contributed by atoms with E-state index in [4.69, 9.17) is 0 Å². The predicted molar refractivity (Wildman–Crippen MR) is 65.1 cm³/mol. The van der Waals surface area contributed by atoms with Gasteiger partial charge in [0.2, 0.25) is 5.91 Å². The van der Waals surface area contributed by atoms with Crippen LogP contribution in [0.25, 0.3) is 0 Å². The average Bonchev–Trinajstić information content (AvgIpc) is 2.60. The van der Waals surface area contributed by atoms with E-state index in [0.29, 0.717) is 11.5 Å². The van der Waals surface area contributed by atoms with Crippen LogP contribution in [0.4, 0.5) is 0 Å². The molecule has 3 heteroatoms. The molecule has 2 fully saturated rings. The molecule has 1 unspecified atom stereocenters. The largest absolute Gasteiger partial charge is 0.352 e. The fourth-order valence-corrected chi connectivity index (χ4v) is 2.65. The molecule has 92 valence electrons. The fraction of sp³-hybridized carbons (Fsp3) is 0.923. The molecule has 1 aliphatic carbocycles. The number of rotatable bonds is 2. The molecule has 0 aromatic rings. The van der Waals surface area contributed by atoms with Crippen molar-refractivity contribution in [2.24, 2.45) is 11.3 Å². The third-order valence-electron chi connectivity index (χ3n) is 4.09. The van der Waals surface area contributed by atoms with Gasteiger partial charge in [0.25, 0.3) is 0 Å². The zero-order valence-corrected chi connectivity index (χ0v) is 10.7. The van der Waals surface area contributed by atoms with Crippen LogP contribution in [0, 0.1) is 11.3 Å². The number of hydrogen-bond acceptors (Lipinski definition) is 2. The Bertz CT molecular complexity index is 258. The van der Waals surface area contributed by atoms with Crippen LogP contribution in [0.5, 0.6) is 0 Å². The van der Waals surface area contributed by atoms with Crippen molar-refractivity contribution in [1.82, 2.24) is 10.6 Å². The van der Waals surface area contributed by atoms with Gasteiger partial charge in [-0.3, -0.25) is 4.79 Å². The fourth-order valence-electron chi connectivity index (χ4n) is 2.65. The second-order valence-electron chi connectivity index (χ2n) is 6.39. The van der Waals surface area contributed by atoms with E-state index in [1.165, 1.54) is 0 Å². The van der Waals surface area contributed by atoms with Gasteiger partial charge in [-0.1, -0.05) is 20.8 Å². The average molecular weight is 224 g/mol. The van der Waals surface area contributed by atoms with Crippen LogP contribution in [0.2, 0.25) is 0 Å². The smallest absolute Gasteiger partial charge is 0.237 e.